The number of benzene rings is 1. The van der Waals surface area contributed by atoms with Gasteiger partial charge in [0.2, 0.25) is 5.91 Å². The van der Waals surface area contributed by atoms with Crippen molar-refractivity contribution in [3.8, 4) is 11.8 Å². The van der Waals surface area contributed by atoms with E-state index in [0.717, 1.165) is 15.3 Å². The third-order valence-electron chi connectivity index (χ3n) is 2.74. The molecule has 0 aliphatic carbocycles. The van der Waals surface area contributed by atoms with E-state index in [1.807, 2.05) is 30.3 Å². The number of thiophene rings is 1. The third kappa shape index (κ3) is 4.91. The number of nitrogens with one attached hydrogen (secondary N) is 1. The Labute approximate surface area is 133 Å². The lowest BCUT2D eigenvalue weighted by Gasteiger charge is -2.05. The van der Waals surface area contributed by atoms with E-state index in [2.05, 4.69) is 17.2 Å². The average Bonchev–Trinajstić information content (AvgIpc) is 2.93. The smallest absolute Gasteiger partial charge is 0.224 e. The molecule has 0 saturated heterocycles. The Hall–Kier alpha value is -1.80. The molecule has 21 heavy (non-hydrogen) atoms. The van der Waals surface area contributed by atoms with Crippen LogP contribution in [0.2, 0.25) is 5.02 Å². The van der Waals surface area contributed by atoms with Crippen molar-refractivity contribution < 1.29 is 4.79 Å². The molecule has 3 N–H and O–H groups in total. The lowest BCUT2D eigenvalue weighted by Crippen LogP contribution is -2.24. The molecule has 0 saturated carbocycles. The fourth-order valence-corrected chi connectivity index (χ4v) is 2.77. The molecule has 0 bridgehead atoms. The van der Waals surface area contributed by atoms with Crippen LogP contribution < -0.4 is 11.1 Å². The Kier molecular flexibility index (Phi) is 5.82. The van der Waals surface area contributed by atoms with E-state index in [-0.39, 0.29) is 12.3 Å². The second kappa shape index (κ2) is 7.84. The molecule has 0 aliphatic heterocycles. The highest BCUT2D eigenvalue weighted by Crippen LogP contribution is 2.16. The summed E-state index contributed by atoms with van der Waals surface area (Å²) in [5.41, 5.74) is 6.16. The molecular formula is C16H15ClN2OS. The minimum Gasteiger partial charge on any atom is -0.351 e. The molecule has 1 amide bonds. The van der Waals surface area contributed by atoms with Crippen LogP contribution in [0.1, 0.15) is 15.3 Å². The fourth-order valence-electron chi connectivity index (χ4n) is 1.74. The molecule has 0 radical (unpaired) electrons. The molecule has 0 atom stereocenters. The van der Waals surface area contributed by atoms with Gasteiger partial charge in [-0.25, -0.2) is 0 Å². The summed E-state index contributed by atoms with van der Waals surface area (Å²) in [5, 5.41) is 3.50. The highest BCUT2D eigenvalue weighted by molar-refractivity contribution is 7.12. The summed E-state index contributed by atoms with van der Waals surface area (Å²) in [6, 6.07) is 11.2. The number of nitrogens with two attached hydrogens (primary N) is 1. The molecule has 0 spiro atoms. The Balaban J connectivity index is 1.87. The number of hydrogen-bond donors (Lipinski definition) is 2. The molecule has 1 aromatic heterocycles. The minimum atomic E-state index is -0.0499. The summed E-state index contributed by atoms with van der Waals surface area (Å²) in [5.74, 6) is 5.73. The Morgan fingerprint density at radius 1 is 1.29 bits per heavy atom. The summed E-state index contributed by atoms with van der Waals surface area (Å²) < 4.78 is 0. The molecule has 0 aliphatic rings. The van der Waals surface area contributed by atoms with Crippen molar-refractivity contribution in [3.05, 3.63) is 56.7 Å². The van der Waals surface area contributed by atoms with Gasteiger partial charge in [0.05, 0.1) is 24.4 Å². The van der Waals surface area contributed by atoms with E-state index >= 15 is 0 Å². The van der Waals surface area contributed by atoms with Gasteiger partial charge in [0.1, 0.15) is 0 Å². The van der Waals surface area contributed by atoms with Gasteiger partial charge in [0.25, 0.3) is 0 Å². The van der Waals surface area contributed by atoms with E-state index < -0.39 is 0 Å². The fraction of sp³-hybridized carbons (Fsp3) is 0.188. The van der Waals surface area contributed by atoms with Crippen LogP contribution in [0.4, 0.5) is 0 Å². The van der Waals surface area contributed by atoms with E-state index in [1.54, 1.807) is 17.4 Å². The van der Waals surface area contributed by atoms with Crippen molar-refractivity contribution in [3.63, 3.8) is 0 Å². The van der Waals surface area contributed by atoms with Crippen molar-refractivity contribution in [2.75, 3.05) is 6.54 Å². The van der Waals surface area contributed by atoms with Gasteiger partial charge in [0, 0.05) is 9.90 Å². The Morgan fingerprint density at radius 3 is 2.86 bits per heavy atom. The van der Waals surface area contributed by atoms with Gasteiger partial charge in [-0.2, -0.15) is 0 Å². The molecule has 1 aromatic carbocycles. The van der Waals surface area contributed by atoms with Gasteiger partial charge in [-0.3, -0.25) is 4.79 Å². The number of rotatable bonds is 4. The van der Waals surface area contributed by atoms with Crippen LogP contribution in [0.15, 0.2) is 36.4 Å². The number of amides is 1. The summed E-state index contributed by atoms with van der Waals surface area (Å²) in [6.45, 7) is 0.847. The van der Waals surface area contributed by atoms with Crippen molar-refractivity contribution >= 4 is 28.8 Å². The number of hydrogen-bond acceptors (Lipinski definition) is 3. The molecule has 3 nitrogen and oxygen atoms in total. The highest BCUT2D eigenvalue weighted by Gasteiger charge is 2.07. The average molecular weight is 319 g/mol. The zero-order chi connectivity index (χ0) is 15.1. The van der Waals surface area contributed by atoms with E-state index in [1.165, 1.54) is 0 Å². The van der Waals surface area contributed by atoms with Crippen LogP contribution in [-0.4, -0.2) is 12.5 Å². The Bertz CT molecular complexity index is 685. The van der Waals surface area contributed by atoms with Crippen molar-refractivity contribution in [2.24, 2.45) is 5.73 Å². The van der Waals surface area contributed by atoms with Gasteiger partial charge in [-0.1, -0.05) is 41.6 Å². The van der Waals surface area contributed by atoms with Crippen LogP contribution in [0.5, 0.6) is 0 Å². The van der Waals surface area contributed by atoms with Crippen LogP contribution in [0.3, 0.4) is 0 Å². The maximum Gasteiger partial charge on any atom is 0.224 e. The van der Waals surface area contributed by atoms with Crippen LogP contribution in [0, 0.1) is 11.8 Å². The lowest BCUT2D eigenvalue weighted by molar-refractivity contribution is -0.120. The first-order valence-electron chi connectivity index (χ1n) is 6.47. The SMILES string of the molecule is NCC#Cc1ccc(CNC(=O)Cc2ccccc2Cl)s1. The van der Waals surface area contributed by atoms with Crippen LogP contribution in [0.25, 0.3) is 0 Å². The van der Waals surface area contributed by atoms with Gasteiger partial charge in [0.15, 0.2) is 0 Å². The largest absolute Gasteiger partial charge is 0.351 e. The zero-order valence-corrected chi connectivity index (χ0v) is 12.9. The lowest BCUT2D eigenvalue weighted by atomic mass is 10.1. The third-order valence-corrected chi connectivity index (χ3v) is 4.11. The monoisotopic (exact) mass is 318 g/mol. The summed E-state index contributed by atoms with van der Waals surface area (Å²) >= 11 is 7.59. The number of carbonyl (C=O) groups excluding carboxylic acids is 1. The van der Waals surface area contributed by atoms with Gasteiger partial charge >= 0.3 is 0 Å². The standard InChI is InChI=1S/C16H15ClN2OS/c17-15-6-2-1-4-12(15)10-16(20)19-11-14-8-7-13(21-14)5-3-9-18/h1-2,4,6-8H,9-11,18H2,(H,19,20). The van der Waals surface area contributed by atoms with E-state index in [0.29, 0.717) is 18.1 Å². The van der Waals surface area contributed by atoms with E-state index in [4.69, 9.17) is 17.3 Å². The maximum atomic E-state index is 11.9. The summed E-state index contributed by atoms with van der Waals surface area (Å²) in [4.78, 5) is 13.9. The summed E-state index contributed by atoms with van der Waals surface area (Å²) in [6.07, 6.45) is 0.283. The molecule has 0 fully saturated rings. The molecule has 1 heterocycles. The second-order valence-electron chi connectivity index (χ2n) is 4.32. The van der Waals surface area contributed by atoms with E-state index in [9.17, 15) is 4.79 Å². The zero-order valence-electron chi connectivity index (χ0n) is 11.4. The molecule has 2 rings (SSSR count). The quantitative estimate of drug-likeness (QED) is 0.851. The molecule has 5 heteroatoms. The molecule has 0 unspecified atom stereocenters. The predicted octanol–water partition coefficient (Wildman–Crippen LogP) is 2.57. The first kappa shape index (κ1) is 15.6. The van der Waals surface area contributed by atoms with Crippen molar-refractivity contribution in [2.45, 2.75) is 13.0 Å². The predicted molar refractivity (Wildman–Crippen MR) is 87.3 cm³/mol. The first-order chi connectivity index (χ1) is 10.2. The van der Waals surface area contributed by atoms with Crippen molar-refractivity contribution in [1.29, 1.82) is 0 Å². The second-order valence-corrected chi connectivity index (χ2v) is 5.89. The maximum absolute atomic E-state index is 11.9. The normalized spacial score (nSPS) is 9.81. The van der Waals surface area contributed by atoms with Crippen LogP contribution >= 0.6 is 22.9 Å². The first-order valence-corrected chi connectivity index (χ1v) is 7.66. The number of halogens is 1. The Morgan fingerprint density at radius 2 is 2.10 bits per heavy atom. The van der Waals surface area contributed by atoms with Gasteiger partial charge in [-0.15, -0.1) is 11.3 Å². The minimum absolute atomic E-state index is 0.0499. The van der Waals surface area contributed by atoms with Crippen LogP contribution in [-0.2, 0) is 17.8 Å². The summed E-state index contributed by atoms with van der Waals surface area (Å²) in [7, 11) is 0. The molecule has 2 aromatic rings. The highest BCUT2D eigenvalue weighted by atomic mass is 35.5. The van der Waals surface area contributed by atoms with Crippen molar-refractivity contribution in [1.82, 2.24) is 5.32 Å². The van der Waals surface area contributed by atoms with Gasteiger partial charge < -0.3 is 11.1 Å². The molecular weight excluding hydrogens is 304 g/mol. The topological polar surface area (TPSA) is 55.1 Å². The molecule has 108 valence electrons. The number of carbonyl (C=O) groups is 1. The van der Waals surface area contributed by atoms with Gasteiger partial charge in [-0.05, 0) is 23.8 Å².